The molecule has 1 heterocycles. The van der Waals surface area contributed by atoms with E-state index < -0.39 is 4.92 Å². The number of benzene rings is 1. The van der Waals surface area contributed by atoms with Crippen molar-refractivity contribution in [2.45, 2.75) is 10.9 Å². The van der Waals surface area contributed by atoms with Gasteiger partial charge in [-0.25, -0.2) is 4.98 Å². The lowest BCUT2D eigenvalue weighted by Crippen LogP contribution is -2.09. The molecule has 0 aliphatic heterocycles. The summed E-state index contributed by atoms with van der Waals surface area (Å²) in [5.41, 5.74) is 3.34. The molecule has 8 nitrogen and oxygen atoms in total. The smallest absolute Gasteiger partial charge is 0.293 e. The highest BCUT2D eigenvalue weighted by atomic mass is 32.2. The molecule has 94 valence electrons. The maximum absolute atomic E-state index is 10.8. The number of aromatic nitrogens is 3. The Morgan fingerprint density at radius 3 is 3.00 bits per heavy atom. The van der Waals surface area contributed by atoms with Crippen LogP contribution in [-0.4, -0.2) is 20.1 Å². The standard InChI is InChI=1S/C9H10N6O2S/c10-13-7-2-1-6(3-8(7)15(16)17)4-18-9-11-5-12-14-9/h1-3,5,13H,4,10H2,(H,11,12,14). The molecule has 0 amide bonds. The number of anilines is 1. The van der Waals surface area contributed by atoms with Gasteiger partial charge in [-0.3, -0.25) is 21.1 Å². The van der Waals surface area contributed by atoms with E-state index in [1.54, 1.807) is 12.1 Å². The lowest BCUT2D eigenvalue weighted by atomic mass is 10.2. The summed E-state index contributed by atoms with van der Waals surface area (Å²) < 4.78 is 0. The first-order chi connectivity index (χ1) is 8.70. The van der Waals surface area contributed by atoms with Crippen LogP contribution in [0.15, 0.2) is 29.7 Å². The van der Waals surface area contributed by atoms with Gasteiger partial charge in [-0.1, -0.05) is 17.8 Å². The largest absolute Gasteiger partial charge is 0.318 e. The highest BCUT2D eigenvalue weighted by Gasteiger charge is 2.13. The molecule has 0 atom stereocenters. The van der Waals surface area contributed by atoms with Crippen LogP contribution in [0.1, 0.15) is 5.56 Å². The van der Waals surface area contributed by atoms with Gasteiger partial charge in [0.2, 0.25) is 0 Å². The molecule has 0 unspecified atom stereocenters. The maximum Gasteiger partial charge on any atom is 0.293 e. The topological polar surface area (TPSA) is 123 Å². The predicted molar refractivity (Wildman–Crippen MR) is 66.9 cm³/mol. The van der Waals surface area contributed by atoms with Gasteiger partial charge in [0.1, 0.15) is 12.0 Å². The third-order valence-electron chi connectivity index (χ3n) is 2.18. The minimum atomic E-state index is -0.474. The van der Waals surface area contributed by atoms with Gasteiger partial charge in [0.05, 0.1) is 4.92 Å². The summed E-state index contributed by atoms with van der Waals surface area (Å²) in [6.07, 6.45) is 1.41. The van der Waals surface area contributed by atoms with E-state index in [4.69, 9.17) is 5.84 Å². The number of hydrogen-bond acceptors (Lipinski definition) is 7. The van der Waals surface area contributed by atoms with Crippen LogP contribution in [-0.2, 0) is 5.75 Å². The van der Waals surface area contributed by atoms with Crippen LogP contribution in [0.25, 0.3) is 0 Å². The van der Waals surface area contributed by atoms with Crippen molar-refractivity contribution in [3.05, 3.63) is 40.2 Å². The Kier molecular flexibility index (Phi) is 3.75. The number of nitrogens with one attached hydrogen (secondary N) is 2. The average Bonchev–Trinajstić information content (AvgIpc) is 2.89. The first kappa shape index (κ1) is 12.3. The molecular formula is C9H10N6O2S. The second-order valence-corrected chi connectivity index (χ2v) is 4.30. The number of aromatic amines is 1. The SMILES string of the molecule is NNc1ccc(CSc2ncn[nH]2)cc1[N+](=O)[O-]. The van der Waals surface area contributed by atoms with Crippen molar-refractivity contribution in [1.29, 1.82) is 0 Å². The Hall–Kier alpha value is -2.13. The monoisotopic (exact) mass is 266 g/mol. The minimum absolute atomic E-state index is 0.0480. The van der Waals surface area contributed by atoms with Gasteiger partial charge in [0.25, 0.3) is 5.69 Å². The number of rotatable bonds is 5. The summed E-state index contributed by atoms with van der Waals surface area (Å²) in [6.45, 7) is 0. The Morgan fingerprint density at radius 1 is 1.56 bits per heavy atom. The summed E-state index contributed by atoms with van der Waals surface area (Å²) in [4.78, 5) is 14.3. The van der Waals surface area contributed by atoms with Crippen LogP contribution in [0, 0.1) is 10.1 Å². The normalized spacial score (nSPS) is 10.3. The molecule has 1 aromatic carbocycles. The molecular weight excluding hydrogens is 256 g/mol. The first-order valence-electron chi connectivity index (χ1n) is 4.93. The van der Waals surface area contributed by atoms with Gasteiger partial charge in [0.15, 0.2) is 5.16 Å². The van der Waals surface area contributed by atoms with Gasteiger partial charge in [-0.05, 0) is 11.6 Å². The van der Waals surface area contributed by atoms with Crippen LogP contribution in [0.3, 0.4) is 0 Å². The second kappa shape index (κ2) is 5.47. The number of hydrazine groups is 1. The molecule has 0 saturated carbocycles. The van der Waals surface area contributed by atoms with Crippen molar-refractivity contribution in [3.63, 3.8) is 0 Å². The van der Waals surface area contributed by atoms with Gasteiger partial charge < -0.3 is 5.43 Å². The van der Waals surface area contributed by atoms with Crippen LogP contribution in [0.5, 0.6) is 0 Å². The third-order valence-corrected chi connectivity index (χ3v) is 3.13. The van der Waals surface area contributed by atoms with Gasteiger partial charge in [-0.2, -0.15) is 5.10 Å². The van der Waals surface area contributed by atoms with E-state index in [1.807, 2.05) is 0 Å². The molecule has 1 aromatic heterocycles. The summed E-state index contributed by atoms with van der Waals surface area (Å²) >= 11 is 1.41. The molecule has 18 heavy (non-hydrogen) atoms. The van der Waals surface area contributed by atoms with Crippen molar-refractivity contribution in [1.82, 2.24) is 15.2 Å². The van der Waals surface area contributed by atoms with E-state index in [-0.39, 0.29) is 11.4 Å². The van der Waals surface area contributed by atoms with Gasteiger partial charge in [0, 0.05) is 11.8 Å². The molecule has 2 rings (SSSR count). The Bertz CT molecular complexity index is 544. The van der Waals surface area contributed by atoms with Crippen LogP contribution < -0.4 is 11.3 Å². The molecule has 0 saturated heterocycles. The number of nitrogen functional groups attached to an aromatic ring is 1. The van der Waals surface area contributed by atoms with Gasteiger partial charge in [-0.15, -0.1) is 0 Å². The summed E-state index contributed by atoms with van der Waals surface area (Å²) in [6, 6.07) is 4.83. The van der Waals surface area contributed by atoms with Crippen LogP contribution >= 0.6 is 11.8 Å². The van der Waals surface area contributed by atoms with Crippen LogP contribution in [0.2, 0.25) is 0 Å². The fraction of sp³-hybridized carbons (Fsp3) is 0.111. The third kappa shape index (κ3) is 2.76. The highest BCUT2D eigenvalue weighted by Crippen LogP contribution is 2.27. The number of nitrogens with two attached hydrogens (primary N) is 1. The number of thioether (sulfide) groups is 1. The molecule has 0 aliphatic carbocycles. The minimum Gasteiger partial charge on any atom is -0.318 e. The Balaban J connectivity index is 2.14. The number of H-pyrrole nitrogens is 1. The molecule has 0 radical (unpaired) electrons. The van der Waals surface area contributed by atoms with Crippen molar-refractivity contribution >= 4 is 23.1 Å². The molecule has 0 fully saturated rings. The van der Waals surface area contributed by atoms with Crippen molar-refractivity contribution in [3.8, 4) is 0 Å². The van der Waals surface area contributed by atoms with Crippen LogP contribution in [0.4, 0.5) is 11.4 Å². The number of nitrogens with zero attached hydrogens (tertiary/aromatic N) is 3. The second-order valence-electron chi connectivity index (χ2n) is 3.33. The fourth-order valence-corrected chi connectivity index (χ4v) is 2.08. The van der Waals surface area contributed by atoms with Crippen molar-refractivity contribution in [2.75, 3.05) is 5.43 Å². The predicted octanol–water partition coefficient (Wildman–Crippen LogP) is 1.29. The average molecular weight is 266 g/mol. The quantitative estimate of drug-likeness (QED) is 0.322. The van der Waals surface area contributed by atoms with E-state index in [9.17, 15) is 10.1 Å². The highest BCUT2D eigenvalue weighted by molar-refractivity contribution is 7.98. The summed E-state index contributed by atoms with van der Waals surface area (Å²) in [5, 5.41) is 17.9. The lowest BCUT2D eigenvalue weighted by molar-refractivity contribution is -0.384. The molecule has 0 aliphatic rings. The number of nitro benzene ring substituents is 1. The number of hydrogen-bond donors (Lipinski definition) is 3. The summed E-state index contributed by atoms with van der Waals surface area (Å²) in [7, 11) is 0. The molecule has 4 N–H and O–H groups in total. The maximum atomic E-state index is 10.8. The molecule has 9 heteroatoms. The van der Waals surface area contributed by atoms with Gasteiger partial charge >= 0.3 is 0 Å². The molecule has 0 bridgehead atoms. The fourth-order valence-electron chi connectivity index (χ4n) is 1.36. The Labute approximate surface area is 106 Å². The summed E-state index contributed by atoms with van der Waals surface area (Å²) in [5.74, 6) is 5.76. The first-order valence-corrected chi connectivity index (χ1v) is 5.91. The lowest BCUT2D eigenvalue weighted by Gasteiger charge is -2.04. The Morgan fingerprint density at radius 2 is 2.39 bits per heavy atom. The van der Waals surface area contributed by atoms with Crippen molar-refractivity contribution < 1.29 is 4.92 Å². The van der Waals surface area contributed by atoms with E-state index in [0.29, 0.717) is 10.9 Å². The zero-order valence-corrected chi connectivity index (χ0v) is 9.98. The van der Waals surface area contributed by atoms with Crippen molar-refractivity contribution in [2.24, 2.45) is 5.84 Å². The zero-order valence-electron chi connectivity index (χ0n) is 9.16. The van der Waals surface area contributed by atoms with E-state index in [2.05, 4.69) is 20.6 Å². The van der Waals surface area contributed by atoms with E-state index >= 15 is 0 Å². The molecule has 0 spiro atoms. The molecule has 2 aromatic rings. The van der Waals surface area contributed by atoms with E-state index in [1.165, 1.54) is 24.2 Å². The zero-order chi connectivity index (χ0) is 13.0. The van der Waals surface area contributed by atoms with E-state index in [0.717, 1.165) is 5.56 Å². The number of nitro groups is 1.